The van der Waals surface area contributed by atoms with Gasteiger partial charge >= 0.3 is 0 Å². The van der Waals surface area contributed by atoms with Crippen molar-refractivity contribution in [2.24, 2.45) is 7.05 Å². The molecule has 1 fully saturated rings. The first-order valence-electron chi connectivity index (χ1n) is 14.5. The fourth-order valence-electron chi connectivity index (χ4n) is 6.05. The van der Waals surface area contributed by atoms with Crippen molar-refractivity contribution in [2.75, 3.05) is 11.4 Å². The predicted molar refractivity (Wildman–Crippen MR) is 170 cm³/mol. The molecule has 1 saturated carbocycles. The summed E-state index contributed by atoms with van der Waals surface area (Å²) in [5.74, 6) is 0. The van der Waals surface area contributed by atoms with E-state index >= 15 is 0 Å². The Labute approximate surface area is 242 Å². The minimum Gasteiger partial charge on any atom is -0.335 e. The summed E-state index contributed by atoms with van der Waals surface area (Å²) in [6.45, 7) is 5.43. The van der Waals surface area contributed by atoms with Gasteiger partial charge in [-0.2, -0.15) is 4.57 Å². The number of hydrogen-bond donors (Lipinski definition) is 0. The van der Waals surface area contributed by atoms with Crippen molar-refractivity contribution in [3.63, 3.8) is 0 Å². The highest BCUT2D eigenvalue weighted by Gasteiger charge is 2.26. The summed E-state index contributed by atoms with van der Waals surface area (Å²) in [5.41, 5.74) is 8.04. The molecule has 0 bridgehead atoms. The minimum absolute atomic E-state index is 0.807. The number of rotatable bonds is 6. The third-order valence-electron chi connectivity index (χ3n) is 8.18. The second kappa shape index (κ2) is 11.8. The van der Waals surface area contributed by atoms with E-state index in [4.69, 9.17) is 0 Å². The van der Waals surface area contributed by atoms with Crippen molar-refractivity contribution in [1.29, 1.82) is 0 Å². The Kier molecular flexibility index (Phi) is 8.04. The molecule has 0 amide bonds. The molecule has 0 N–H and O–H groups in total. The number of thioether (sulfide) groups is 2. The Morgan fingerprint density at radius 2 is 1.90 bits per heavy atom. The van der Waals surface area contributed by atoms with Crippen molar-refractivity contribution < 1.29 is 4.57 Å². The first-order chi connectivity index (χ1) is 19.1. The summed E-state index contributed by atoms with van der Waals surface area (Å²) in [5, 5.41) is 3.47. The zero-order chi connectivity index (χ0) is 26.8. The third kappa shape index (κ3) is 5.93. The molecule has 4 heteroatoms. The molecule has 39 heavy (non-hydrogen) atoms. The summed E-state index contributed by atoms with van der Waals surface area (Å²) in [7, 11) is 2.16. The van der Waals surface area contributed by atoms with Crippen LogP contribution >= 0.6 is 23.5 Å². The fourth-order valence-corrected chi connectivity index (χ4v) is 8.51. The zero-order valence-electron chi connectivity index (χ0n) is 23.5. The third-order valence-corrected chi connectivity index (χ3v) is 10.6. The monoisotopic (exact) mass is 551 g/mol. The molecule has 2 aliphatic carbocycles. The summed E-state index contributed by atoms with van der Waals surface area (Å²) in [4.78, 5) is 5.34. The molecule has 1 aromatic heterocycles. The van der Waals surface area contributed by atoms with E-state index in [9.17, 15) is 0 Å². The molecule has 200 valence electrons. The smallest absolute Gasteiger partial charge is 0.212 e. The number of anilines is 1. The fraction of sp³-hybridized carbons (Fsp3) is 0.343. The number of nitrogens with zero attached hydrogens (tertiary/aromatic N) is 2. The SMILES string of the molecule is CCN1C(=CC2=CC(=CC=Cc3ccc4cc(C)ccc4[n+]3C)CCC2)Sc2ccc(SC3CCCC3)cc21. The van der Waals surface area contributed by atoms with E-state index in [1.165, 1.54) is 85.9 Å². The largest absolute Gasteiger partial charge is 0.335 e. The van der Waals surface area contributed by atoms with Crippen LogP contribution in [-0.4, -0.2) is 11.8 Å². The lowest BCUT2D eigenvalue weighted by Crippen LogP contribution is -2.32. The molecule has 0 spiro atoms. The average molecular weight is 552 g/mol. The van der Waals surface area contributed by atoms with Crippen LogP contribution in [0.5, 0.6) is 0 Å². The molecule has 3 aromatic rings. The van der Waals surface area contributed by atoms with Crippen LogP contribution in [-0.2, 0) is 7.05 Å². The normalized spacial score (nSPS) is 20.1. The Bertz CT molecular complexity index is 1500. The van der Waals surface area contributed by atoms with Gasteiger partial charge in [0.25, 0.3) is 0 Å². The zero-order valence-corrected chi connectivity index (χ0v) is 25.1. The molecule has 6 rings (SSSR count). The average Bonchev–Trinajstić information content (AvgIpc) is 3.57. The van der Waals surface area contributed by atoms with Crippen molar-refractivity contribution in [2.45, 2.75) is 73.8 Å². The van der Waals surface area contributed by atoms with Gasteiger partial charge in [-0.25, -0.2) is 0 Å². The first-order valence-corrected chi connectivity index (χ1v) is 16.2. The highest BCUT2D eigenvalue weighted by Crippen LogP contribution is 2.48. The van der Waals surface area contributed by atoms with Gasteiger partial charge in [0.15, 0.2) is 0 Å². The van der Waals surface area contributed by atoms with Crippen LogP contribution in [0.2, 0.25) is 0 Å². The topological polar surface area (TPSA) is 7.12 Å². The number of fused-ring (bicyclic) bond motifs is 2. The van der Waals surface area contributed by atoms with Gasteiger partial charge in [-0.05, 0) is 93.5 Å². The van der Waals surface area contributed by atoms with Gasteiger partial charge < -0.3 is 4.90 Å². The lowest BCUT2D eigenvalue weighted by molar-refractivity contribution is -0.646. The summed E-state index contributed by atoms with van der Waals surface area (Å²) in [6, 6.07) is 18.2. The maximum Gasteiger partial charge on any atom is 0.212 e. The van der Waals surface area contributed by atoms with Crippen LogP contribution in [0, 0.1) is 6.92 Å². The molecule has 3 aliphatic rings. The number of pyridine rings is 1. The van der Waals surface area contributed by atoms with Crippen molar-refractivity contribution in [3.05, 3.63) is 100 Å². The van der Waals surface area contributed by atoms with Crippen LogP contribution < -0.4 is 9.47 Å². The minimum atomic E-state index is 0.807. The number of benzene rings is 2. The maximum atomic E-state index is 2.51. The van der Waals surface area contributed by atoms with Crippen LogP contribution in [0.1, 0.15) is 63.1 Å². The molecule has 0 unspecified atom stereocenters. The van der Waals surface area contributed by atoms with E-state index in [1.807, 2.05) is 11.8 Å². The van der Waals surface area contributed by atoms with Gasteiger partial charge in [0.1, 0.15) is 7.05 Å². The van der Waals surface area contributed by atoms with E-state index in [-0.39, 0.29) is 0 Å². The highest BCUT2D eigenvalue weighted by molar-refractivity contribution is 8.03. The maximum absolute atomic E-state index is 2.51. The molecule has 2 heterocycles. The Morgan fingerprint density at radius 3 is 2.74 bits per heavy atom. The standard InChI is InChI=1S/C35H39N2S2/c1-4-37-33-24-31(38-30-13-5-6-14-30)18-20-34(33)39-35(37)23-27-11-7-9-26(22-27)10-8-12-29-17-16-28-21-25(2)15-19-32(28)36(29)3/h8,10,12,15-24,30H,4-7,9,11,13-14H2,1-3H3/q+1. The lowest BCUT2D eigenvalue weighted by Gasteiger charge is -2.20. The van der Waals surface area contributed by atoms with Gasteiger partial charge in [0, 0.05) is 45.2 Å². The summed E-state index contributed by atoms with van der Waals surface area (Å²) < 4.78 is 2.28. The predicted octanol–water partition coefficient (Wildman–Crippen LogP) is 9.53. The van der Waals surface area contributed by atoms with Gasteiger partial charge in [-0.3, -0.25) is 0 Å². The van der Waals surface area contributed by atoms with Crippen molar-refractivity contribution >= 4 is 46.2 Å². The summed E-state index contributed by atoms with van der Waals surface area (Å²) in [6.07, 6.45) is 20.7. The van der Waals surface area contributed by atoms with E-state index in [0.29, 0.717) is 0 Å². The molecule has 0 atom stereocenters. The van der Waals surface area contributed by atoms with Crippen LogP contribution in [0.15, 0.2) is 98.8 Å². The number of aryl methyl sites for hydroxylation is 2. The number of aromatic nitrogens is 1. The van der Waals surface area contributed by atoms with Crippen LogP contribution in [0.25, 0.3) is 17.0 Å². The van der Waals surface area contributed by atoms with Gasteiger partial charge in [-0.1, -0.05) is 54.5 Å². The van der Waals surface area contributed by atoms with Gasteiger partial charge in [0.05, 0.1) is 10.7 Å². The molecule has 0 saturated heterocycles. The van der Waals surface area contributed by atoms with E-state index in [2.05, 4.69) is 121 Å². The molecule has 2 nitrogen and oxygen atoms in total. The molecule has 2 aromatic carbocycles. The second-order valence-corrected chi connectivity index (χ2v) is 13.5. The quantitative estimate of drug-likeness (QED) is 0.282. The van der Waals surface area contributed by atoms with E-state index < -0.39 is 0 Å². The Hall–Kier alpha value is -2.69. The highest BCUT2D eigenvalue weighted by atomic mass is 32.2. The molecular formula is C35H39N2S2+. The second-order valence-electron chi connectivity index (χ2n) is 11.0. The van der Waals surface area contributed by atoms with E-state index in [1.54, 1.807) is 0 Å². The number of allylic oxidation sites excluding steroid dienone is 6. The van der Waals surface area contributed by atoms with Gasteiger partial charge in [0.2, 0.25) is 11.2 Å². The molecule has 1 aliphatic heterocycles. The van der Waals surface area contributed by atoms with Crippen molar-refractivity contribution in [3.8, 4) is 0 Å². The molecular weight excluding hydrogens is 513 g/mol. The number of hydrogen-bond acceptors (Lipinski definition) is 3. The lowest BCUT2D eigenvalue weighted by atomic mass is 9.95. The molecule has 0 radical (unpaired) electrons. The Morgan fingerprint density at radius 1 is 1.03 bits per heavy atom. The van der Waals surface area contributed by atoms with E-state index in [0.717, 1.165) is 24.6 Å². The first kappa shape index (κ1) is 26.5. The van der Waals surface area contributed by atoms with Gasteiger partial charge in [-0.15, -0.1) is 11.8 Å². The Balaban J connectivity index is 1.19. The summed E-state index contributed by atoms with van der Waals surface area (Å²) >= 11 is 4.03. The van der Waals surface area contributed by atoms with Crippen LogP contribution in [0.3, 0.4) is 0 Å². The van der Waals surface area contributed by atoms with Crippen LogP contribution in [0.4, 0.5) is 5.69 Å². The van der Waals surface area contributed by atoms with Crippen molar-refractivity contribution in [1.82, 2.24) is 0 Å².